The molecular formula is C13H13ClN2. The molecule has 0 aliphatic heterocycles. The Bertz CT molecular complexity index is 387. The van der Waals surface area contributed by atoms with Crippen LogP contribution in [-0.2, 0) is 0 Å². The number of alkyl halides is 1. The first kappa shape index (κ1) is 11.1. The predicted octanol–water partition coefficient (Wildman–Crippen LogP) is 3.56. The molecule has 3 heteroatoms. The molecule has 0 saturated carbocycles. The van der Waals surface area contributed by atoms with Crippen molar-refractivity contribution >= 4 is 11.6 Å². The summed E-state index contributed by atoms with van der Waals surface area (Å²) in [5.74, 6) is 0.257. The summed E-state index contributed by atoms with van der Waals surface area (Å²) in [6.07, 6.45) is 7.12. The molecule has 0 aromatic carbocycles. The van der Waals surface area contributed by atoms with Crippen LogP contribution >= 0.6 is 11.6 Å². The van der Waals surface area contributed by atoms with Gasteiger partial charge in [-0.05, 0) is 35.4 Å². The molecule has 0 saturated heterocycles. The molecule has 0 radical (unpaired) electrons. The maximum atomic E-state index is 6.44. The fraction of sp³-hybridized carbons (Fsp3) is 0.231. The molecule has 0 aliphatic rings. The largest absolute Gasteiger partial charge is 0.265 e. The Hall–Kier alpha value is -1.41. The van der Waals surface area contributed by atoms with Crippen LogP contribution < -0.4 is 0 Å². The van der Waals surface area contributed by atoms with Gasteiger partial charge in [-0.1, -0.05) is 6.92 Å². The summed E-state index contributed by atoms with van der Waals surface area (Å²) in [7, 11) is 0. The molecule has 0 N–H and O–H groups in total. The standard InChI is InChI=1S/C13H13ClN2/c1-10(11-2-6-15-7-3-11)13(14)12-4-8-16-9-5-12/h2-10,13H,1H3. The molecule has 2 nitrogen and oxygen atoms in total. The Morgan fingerprint density at radius 3 is 1.81 bits per heavy atom. The minimum absolute atomic E-state index is 0.0367. The van der Waals surface area contributed by atoms with E-state index in [2.05, 4.69) is 16.9 Å². The smallest absolute Gasteiger partial charge is 0.0652 e. The molecule has 0 amide bonds. The molecule has 16 heavy (non-hydrogen) atoms. The van der Waals surface area contributed by atoms with Gasteiger partial charge in [-0.3, -0.25) is 9.97 Å². The SMILES string of the molecule is CC(c1ccncc1)C(Cl)c1ccncc1. The van der Waals surface area contributed by atoms with Gasteiger partial charge in [0.15, 0.2) is 0 Å². The van der Waals surface area contributed by atoms with Crippen LogP contribution in [0.3, 0.4) is 0 Å². The van der Waals surface area contributed by atoms with Crippen molar-refractivity contribution in [2.45, 2.75) is 18.2 Å². The van der Waals surface area contributed by atoms with E-state index >= 15 is 0 Å². The van der Waals surface area contributed by atoms with Crippen molar-refractivity contribution in [3.63, 3.8) is 0 Å². The lowest BCUT2D eigenvalue weighted by molar-refractivity contribution is 0.729. The molecule has 0 aliphatic carbocycles. The summed E-state index contributed by atoms with van der Waals surface area (Å²) >= 11 is 6.44. The molecule has 2 rings (SSSR count). The number of hydrogen-bond donors (Lipinski definition) is 0. The fourth-order valence-corrected chi connectivity index (χ4v) is 1.96. The maximum absolute atomic E-state index is 6.44. The first-order valence-electron chi connectivity index (χ1n) is 5.23. The van der Waals surface area contributed by atoms with E-state index in [0.29, 0.717) is 0 Å². The fourth-order valence-electron chi connectivity index (χ4n) is 1.67. The van der Waals surface area contributed by atoms with Gasteiger partial charge in [0.1, 0.15) is 0 Å². The second-order valence-electron chi connectivity index (χ2n) is 3.75. The monoisotopic (exact) mass is 232 g/mol. The molecule has 0 spiro atoms. The van der Waals surface area contributed by atoms with Crippen LogP contribution in [0.5, 0.6) is 0 Å². The van der Waals surface area contributed by atoms with Crippen molar-refractivity contribution in [3.8, 4) is 0 Å². The van der Waals surface area contributed by atoms with Crippen LogP contribution in [0.2, 0.25) is 0 Å². The quantitative estimate of drug-likeness (QED) is 0.757. The van der Waals surface area contributed by atoms with Gasteiger partial charge in [0, 0.05) is 30.7 Å². The average Bonchev–Trinajstić information content (AvgIpc) is 2.39. The number of hydrogen-bond acceptors (Lipinski definition) is 2. The maximum Gasteiger partial charge on any atom is 0.0652 e. The van der Waals surface area contributed by atoms with Crippen molar-refractivity contribution in [3.05, 3.63) is 60.2 Å². The number of nitrogens with zero attached hydrogens (tertiary/aromatic N) is 2. The molecule has 2 heterocycles. The van der Waals surface area contributed by atoms with E-state index in [4.69, 9.17) is 11.6 Å². The van der Waals surface area contributed by atoms with Crippen LogP contribution in [0.25, 0.3) is 0 Å². The Labute approximate surface area is 100 Å². The second-order valence-corrected chi connectivity index (χ2v) is 4.22. The van der Waals surface area contributed by atoms with Gasteiger partial charge < -0.3 is 0 Å². The second kappa shape index (κ2) is 5.08. The van der Waals surface area contributed by atoms with Crippen LogP contribution in [0.1, 0.15) is 29.3 Å². The van der Waals surface area contributed by atoms with Crippen molar-refractivity contribution in [1.29, 1.82) is 0 Å². The number of pyridine rings is 2. The summed E-state index contributed by atoms with van der Waals surface area (Å²) in [5.41, 5.74) is 2.30. The van der Waals surface area contributed by atoms with Gasteiger partial charge in [0.2, 0.25) is 0 Å². The van der Waals surface area contributed by atoms with Crippen molar-refractivity contribution in [2.24, 2.45) is 0 Å². The normalized spacial score (nSPS) is 14.4. The summed E-state index contributed by atoms with van der Waals surface area (Å²) in [4.78, 5) is 8.00. The Kier molecular flexibility index (Phi) is 3.52. The first-order valence-corrected chi connectivity index (χ1v) is 5.66. The third-order valence-corrected chi connectivity index (χ3v) is 3.33. The highest BCUT2D eigenvalue weighted by molar-refractivity contribution is 6.21. The topological polar surface area (TPSA) is 25.8 Å². The van der Waals surface area contributed by atoms with Gasteiger partial charge in [-0.2, -0.15) is 0 Å². The van der Waals surface area contributed by atoms with Gasteiger partial charge in [-0.15, -0.1) is 11.6 Å². The number of rotatable bonds is 3. The van der Waals surface area contributed by atoms with E-state index in [1.807, 2.05) is 24.3 Å². The molecular weight excluding hydrogens is 220 g/mol. The summed E-state index contributed by atoms with van der Waals surface area (Å²) in [5, 5.41) is -0.0367. The zero-order valence-corrected chi connectivity index (χ0v) is 9.80. The van der Waals surface area contributed by atoms with Crippen molar-refractivity contribution in [2.75, 3.05) is 0 Å². The van der Waals surface area contributed by atoms with E-state index in [1.54, 1.807) is 24.8 Å². The van der Waals surface area contributed by atoms with Gasteiger partial charge in [-0.25, -0.2) is 0 Å². The summed E-state index contributed by atoms with van der Waals surface area (Å²) in [6, 6.07) is 7.91. The van der Waals surface area contributed by atoms with E-state index in [-0.39, 0.29) is 11.3 Å². The molecule has 0 bridgehead atoms. The van der Waals surface area contributed by atoms with E-state index in [0.717, 1.165) is 5.56 Å². The minimum atomic E-state index is -0.0367. The highest BCUT2D eigenvalue weighted by Gasteiger charge is 2.17. The van der Waals surface area contributed by atoms with Gasteiger partial charge >= 0.3 is 0 Å². The van der Waals surface area contributed by atoms with Crippen LogP contribution in [0.15, 0.2) is 49.1 Å². The lowest BCUT2D eigenvalue weighted by Gasteiger charge is -2.18. The average molecular weight is 233 g/mol. The molecule has 2 atom stereocenters. The molecule has 82 valence electrons. The Morgan fingerprint density at radius 2 is 1.31 bits per heavy atom. The number of halogens is 1. The highest BCUT2D eigenvalue weighted by Crippen LogP contribution is 2.35. The minimum Gasteiger partial charge on any atom is -0.265 e. The van der Waals surface area contributed by atoms with E-state index in [1.165, 1.54) is 5.56 Å². The van der Waals surface area contributed by atoms with Crippen LogP contribution in [-0.4, -0.2) is 9.97 Å². The molecule has 2 aromatic rings. The van der Waals surface area contributed by atoms with Gasteiger partial charge in [0.05, 0.1) is 5.38 Å². The lowest BCUT2D eigenvalue weighted by Crippen LogP contribution is -2.02. The molecule has 0 fully saturated rings. The zero-order valence-electron chi connectivity index (χ0n) is 9.05. The summed E-state index contributed by atoms with van der Waals surface area (Å²) in [6.45, 7) is 2.12. The molecule has 2 unspecified atom stereocenters. The lowest BCUT2D eigenvalue weighted by atomic mass is 9.94. The van der Waals surface area contributed by atoms with Crippen LogP contribution in [0, 0.1) is 0 Å². The van der Waals surface area contributed by atoms with Crippen molar-refractivity contribution < 1.29 is 0 Å². The highest BCUT2D eigenvalue weighted by atomic mass is 35.5. The van der Waals surface area contributed by atoms with Crippen molar-refractivity contribution in [1.82, 2.24) is 9.97 Å². The Balaban J connectivity index is 2.20. The van der Waals surface area contributed by atoms with E-state index in [9.17, 15) is 0 Å². The third kappa shape index (κ3) is 2.39. The summed E-state index contributed by atoms with van der Waals surface area (Å²) < 4.78 is 0. The van der Waals surface area contributed by atoms with Crippen LogP contribution in [0.4, 0.5) is 0 Å². The van der Waals surface area contributed by atoms with Gasteiger partial charge in [0.25, 0.3) is 0 Å². The third-order valence-electron chi connectivity index (χ3n) is 2.70. The predicted molar refractivity (Wildman–Crippen MR) is 65.5 cm³/mol. The first-order chi connectivity index (χ1) is 7.79. The zero-order chi connectivity index (χ0) is 11.4. The number of aromatic nitrogens is 2. The van der Waals surface area contributed by atoms with E-state index < -0.39 is 0 Å². The Morgan fingerprint density at radius 1 is 0.875 bits per heavy atom. The molecule has 2 aromatic heterocycles.